The largest absolute Gasteiger partial charge is 0.355 e. The van der Waals surface area contributed by atoms with E-state index in [1.807, 2.05) is 18.7 Å². The Balaban J connectivity index is 0.00000289. The summed E-state index contributed by atoms with van der Waals surface area (Å²) in [4.78, 5) is 11.2. The normalized spacial score (nSPS) is 10.0. The highest BCUT2D eigenvalue weighted by Gasteiger charge is 2.08. The number of carbonyl (C=O) groups excluding carboxylic acids is 1. The average Bonchev–Trinajstić information content (AvgIpc) is 2.50. The van der Waals surface area contributed by atoms with Crippen LogP contribution in [0.4, 0.5) is 0 Å². The van der Waals surface area contributed by atoms with Gasteiger partial charge in [-0.05, 0) is 39.3 Å². The van der Waals surface area contributed by atoms with Crippen LogP contribution in [0.2, 0.25) is 0 Å². The Morgan fingerprint density at radius 3 is 2.56 bits per heavy atom. The molecule has 0 radical (unpaired) electrons. The summed E-state index contributed by atoms with van der Waals surface area (Å²) < 4.78 is 1.91. The molecule has 0 atom stereocenters. The number of aryl methyl sites for hydroxylation is 2. The maximum atomic E-state index is 11.2. The van der Waals surface area contributed by atoms with Gasteiger partial charge >= 0.3 is 0 Å². The summed E-state index contributed by atoms with van der Waals surface area (Å²) in [5.41, 5.74) is 3.60. The Bertz CT molecular complexity index is 390. The molecular formula is C12H23ClN4O. The fraction of sp³-hybridized carbons (Fsp3) is 0.667. The molecule has 0 saturated heterocycles. The third-order valence-electron chi connectivity index (χ3n) is 2.92. The lowest BCUT2D eigenvalue weighted by Gasteiger charge is -2.05. The molecule has 1 amide bonds. The lowest BCUT2D eigenvalue weighted by atomic mass is 10.1. The molecular weight excluding hydrogens is 252 g/mol. The van der Waals surface area contributed by atoms with Crippen molar-refractivity contribution in [3.63, 3.8) is 0 Å². The van der Waals surface area contributed by atoms with Gasteiger partial charge in [0.1, 0.15) is 0 Å². The fourth-order valence-electron chi connectivity index (χ4n) is 1.90. The number of carbonyl (C=O) groups is 1. The van der Waals surface area contributed by atoms with Crippen LogP contribution in [0.1, 0.15) is 23.4 Å². The van der Waals surface area contributed by atoms with Crippen LogP contribution in [0.15, 0.2) is 0 Å². The highest BCUT2D eigenvalue weighted by atomic mass is 35.5. The lowest BCUT2D eigenvalue weighted by Crippen LogP contribution is -2.32. The van der Waals surface area contributed by atoms with Crippen LogP contribution >= 0.6 is 12.4 Å². The third-order valence-corrected chi connectivity index (χ3v) is 2.92. The molecule has 2 N–H and O–H groups in total. The molecule has 6 heteroatoms. The first-order chi connectivity index (χ1) is 8.06. The van der Waals surface area contributed by atoms with Gasteiger partial charge in [0.25, 0.3) is 0 Å². The van der Waals surface area contributed by atoms with Crippen LogP contribution < -0.4 is 10.6 Å². The fourth-order valence-corrected chi connectivity index (χ4v) is 1.90. The molecule has 1 rings (SSSR count). The van der Waals surface area contributed by atoms with Gasteiger partial charge in [0.05, 0.1) is 12.2 Å². The topological polar surface area (TPSA) is 59.0 Å². The molecule has 0 aromatic carbocycles. The number of halogens is 1. The second-order valence-electron chi connectivity index (χ2n) is 4.26. The van der Waals surface area contributed by atoms with E-state index in [2.05, 4.69) is 22.7 Å². The summed E-state index contributed by atoms with van der Waals surface area (Å²) in [6.45, 7) is 5.20. The van der Waals surface area contributed by atoms with Crippen LogP contribution in [-0.4, -0.2) is 35.8 Å². The molecule has 5 nitrogen and oxygen atoms in total. The van der Waals surface area contributed by atoms with E-state index >= 15 is 0 Å². The second kappa shape index (κ2) is 8.11. The van der Waals surface area contributed by atoms with E-state index in [0.717, 1.165) is 18.5 Å². The molecule has 0 aliphatic heterocycles. The van der Waals surface area contributed by atoms with Crippen molar-refractivity contribution >= 4 is 18.3 Å². The number of aromatic nitrogens is 2. The van der Waals surface area contributed by atoms with Crippen molar-refractivity contribution in [2.45, 2.75) is 26.7 Å². The number of rotatable bonds is 6. The molecule has 0 aliphatic rings. The number of hydrogen-bond donors (Lipinski definition) is 2. The molecule has 104 valence electrons. The maximum Gasteiger partial charge on any atom is 0.233 e. The minimum Gasteiger partial charge on any atom is -0.355 e. The van der Waals surface area contributed by atoms with Gasteiger partial charge in [-0.15, -0.1) is 12.4 Å². The van der Waals surface area contributed by atoms with Crippen LogP contribution in [0.3, 0.4) is 0 Å². The summed E-state index contributed by atoms with van der Waals surface area (Å²) in [6.07, 6.45) is 1.91. The standard InChI is InChI=1S/C12H22N4O.ClH/c1-9-11(10(2)16(4)15-9)6-5-7-14-12(17)8-13-3;/h13H,5-8H2,1-4H3,(H,14,17);1H. The first kappa shape index (κ1) is 16.9. The summed E-state index contributed by atoms with van der Waals surface area (Å²) in [5.74, 6) is 0.0483. The van der Waals surface area contributed by atoms with E-state index in [4.69, 9.17) is 0 Å². The van der Waals surface area contributed by atoms with Crippen molar-refractivity contribution in [1.29, 1.82) is 0 Å². The number of nitrogens with zero attached hydrogens (tertiary/aromatic N) is 2. The zero-order chi connectivity index (χ0) is 12.8. The molecule has 0 fully saturated rings. The SMILES string of the molecule is CNCC(=O)NCCCc1c(C)nn(C)c1C.Cl. The second-order valence-corrected chi connectivity index (χ2v) is 4.26. The molecule has 0 unspecified atom stereocenters. The number of nitrogens with one attached hydrogen (secondary N) is 2. The lowest BCUT2D eigenvalue weighted by molar-refractivity contribution is -0.120. The minimum absolute atomic E-state index is 0. The number of likely N-dealkylation sites (N-methyl/N-ethyl adjacent to an activating group) is 1. The first-order valence-electron chi connectivity index (χ1n) is 5.96. The minimum atomic E-state index is 0. The zero-order valence-corrected chi connectivity index (χ0v) is 12.4. The molecule has 1 heterocycles. The predicted molar refractivity (Wildman–Crippen MR) is 75.2 cm³/mol. The van der Waals surface area contributed by atoms with Gasteiger partial charge in [0, 0.05) is 19.3 Å². The molecule has 0 saturated carbocycles. The highest BCUT2D eigenvalue weighted by Crippen LogP contribution is 2.13. The van der Waals surface area contributed by atoms with Gasteiger partial charge in [-0.1, -0.05) is 0 Å². The first-order valence-corrected chi connectivity index (χ1v) is 5.96. The van der Waals surface area contributed by atoms with Gasteiger partial charge in [-0.3, -0.25) is 9.48 Å². The van der Waals surface area contributed by atoms with Crippen molar-refractivity contribution in [1.82, 2.24) is 20.4 Å². The number of hydrogen-bond acceptors (Lipinski definition) is 3. The highest BCUT2D eigenvalue weighted by molar-refractivity contribution is 5.85. The van der Waals surface area contributed by atoms with Crippen molar-refractivity contribution in [2.75, 3.05) is 20.1 Å². The van der Waals surface area contributed by atoms with E-state index in [1.165, 1.54) is 11.3 Å². The van der Waals surface area contributed by atoms with Crippen LogP contribution in [0.25, 0.3) is 0 Å². The Hall–Kier alpha value is -1.07. The van der Waals surface area contributed by atoms with Gasteiger partial charge < -0.3 is 10.6 Å². The van der Waals surface area contributed by atoms with Crippen LogP contribution in [0, 0.1) is 13.8 Å². The van der Waals surface area contributed by atoms with E-state index in [9.17, 15) is 4.79 Å². The smallest absolute Gasteiger partial charge is 0.233 e. The molecule has 0 aliphatic carbocycles. The van der Waals surface area contributed by atoms with Crippen LogP contribution in [-0.2, 0) is 18.3 Å². The summed E-state index contributed by atoms with van der Waals surface area (Å²) in [6, 6.07) is 0. The van der Waals surface area contributed by atoms with Crippen LogP contribution in [0.5, 0.6) is 0 Å². The van der Waals surface area contributed by atoms with Crippen molar-refractivity contribution in [3.8, 4) is 0 Å². The Morgan fingerprint density at radius 1 is 1.39 bits per heavy atom. The Kier molecular flexibility index (Phi) is 7.62. The summed E-state index contributed by atoms with van der Waals surface area (Å²) in [7, 11) is 3.72. The van der Waals surface area contributed by atoms with E-state index in [0.29, 0.717) is 13.1 Å². The quantitative estimate of drug-likeness (QED) is 0.752. The Morgan fingerprint density at radius 2 is 2.06 bits per heavy atom. The van der Waals surface area contributed by atoms with E-state index < -0.39 is 0 Å². The average molecular weight is 275 g/mol. The maximum absolute atomic E-state index is 11.2. The predicted octanol–water partition coefficient (Wildman–Crippen LogP) is 0.727. The zero-order valence-electron chi connectivity index (χ0n) is 11.5. The molecule has 1 aromatic rings. The Labute approximate surface area is 115 Å². The van der Waals surface area contributed by atoms with E-state index in [-0.39, 0.29) is 18.3 Å². The third kappa shape index (κ3) is 4.66. The van der Waals surface area contributed by atoms with Gasteiger partial charge in [-0.2, -0.15) is 5.10 Å². The summed E-state index contributed by atoms with van der Waals surface area (Å²) >= 11 is 0. The van der Waals surface area contributed by atoms with Gasteiger partial charge in [0.2, 0.25) is 5.91 Å². The number of amides is 1. The summed E-state index contributed by atoms with van der Waals surface area (Å²) in [5, 5.41) is 10.1. The van der Waals surface area contributed by atoms with Crippen molar-refractivity contribution in [3.05, 3.63) is 17.0 Å². The van der Waals surface area contributed by atoms with Crippen molar-refractivity contribution < 1.29 is 4.79 Å². The molecule has 18 heavy (non-hydrogen) atoms. The van der Waals surface area contributed by atoms with Crippen molar-refractivity contribution in [2.24, 2.45) is 7.05 Å². The van der Waals surface area contributed by atoms with E-state index in [1.54, 1.807) is 7.05 Å². The van der Waals surface area contributed by atoms with Gasteiger partial charge in [-0.25, -0.2) is 0 Å². The molecule has 0 bridgehead atoms. The monoisotopic (exact) mass is 274 g/mol. The molecule has 1 aromatic heterocycles. The molecule has 0 spiro atoms. The van der Waals surface area contributed by atoms with Gasteiger partial charge in [0.15, 0.2) is 0 Å².